The average molecular weight is 334 g/mol. The maximum absolute atomic E-state index is 13.3. The van der Waals surface area contributed by atoms with E-state index in [2.05, 4.69) is 20.7 Å². The molecule has 1 aromatic carbocycles. The van der Waals surface area contributed by atoms with Gasteiger partial charge in [-0.05, 0) is 18.2 Å². The minimum atomic E-state index is -3.80. The zero-order valence-corrected chi connectivity index (χ0v) is 11.3. The summed E-state index contributed by atoms with van der Waals surface area (Å²) in [4.78, 5) is -0.376. The Bertz CT molecular complexity index is 455. The highest BCUT2D eigenvalue weighted by Gasteiger charge is 2.17. The lowest BCUT2D eigenvalue weighted by atomic mass is 10.3. The van der Waals surface area contributed by atoms with Crippen molar-refractivity contribution in [2.45, 2.75) is 4.90 Å². The molecule has 16 heavy (non-hydrogen) atoms. The molecular formula is C8H11BrClFN2O2S. The maximum atomic E-state index is 13.3. The molecule has 0 saturated carbocycles. The van der Waals surface area contributed by atoms with Gasteiger partial charge >= 0.3 is 0 Å². The molecule has 0 unspecified atom stereocenters. The van der Waals surface area contributed by atoms with Crippen molar-refractivity contribution >= 4 is 38.4 Å². The van der Waals surface area contributed by atoms with E-state index in [1.165, 1.54) is 12.1 Å². The molecule has 1 aromatic rings. The molecule has 0 aliphatic carbocycles. The summed E-state index contributed by atoms with van der Waals surface area (Å²) >= 11 is 3.04. The van der Waals surface area contributed by atoms with Crippen LogP contribution in [0.2, 0.25) is 0 Å². The Kier molecular flexibility index (Phi) is 6.42. The second kappa shape index (κ2) is 6.51. The van der Waals surface area contributed by atoms with Gasteiger partial charge in [-0.15, -0.1) is 12.4 Å². The van der Waals surface area contributed by atoms with Crippen LogP contribution in [0.1, 0.15) is 0 Å². The van der Waals surface area contributed by atoms with E-state index in [0.717, 1.165) is 6.07 Å². The van der Waals surface area contributed by atoms with Crippen LogP contribution in [0.4, 0.5) is 4.39 Å². The monoisotopic (exact) mass is 332 g/mol. The summed E-state index contributed by atoms with van der Waals surface area (Å²) in [6.45, 7) is 0.245. The van der Waals surface area contributed by atoms with E-state index in [4.69, 9.17) is 5.73 Å². The van der Waals surface area contributed by atoms with E-state index < -0.39 is 15.8 Å². The Morgan fingerprint density at radius 3 is 2.56 bits per heavy atom. The van der Waals surface area contributed by atoms with E-state index in [1.807, 2.05) is 0 Å². The average Bonchev–Trinajstić information content (AvgIpc) is 2.14. The number of hydrogen-bond acceptors (Lipinski definition) is 3. The summed E-state index contributed by atoms with van der Waals surface area (Å²) in [5.74, 6) is -0.797. The van der Waals surface area contributed by atoms with Crippen LogP contribution < -0.4 is 10.5 Å². The normalized spacial score (nSPS) is 10.9. The molecule has 8 heteroatoms. The van der Waals surface area contributed by atoms with Crippen LogP contribution in [-0.4, -0.2) is 21.5 Å². The minimum Gasteiger partial charge on any atom is -0.329 e. The summed E-state index contributed by atoms with van der Waals surface area (Å²) < 4.78 is 39.0. The van der Waals surface area contributed by atoms with E-state index in [0.29, 0.717) is 4.47 Å². The Morgan fingerprint density at radius 1 is 1.44 bits per heavy atom. The van der Waals surface area contributed by atoms with Gasteiger partial charge in [-0.25, -0.2) is 17.5 Å². The molecule has 0 aliphatic heterocycles. The highest BCUT2D eigenvalue weighted by molar-refractivity contribution is 9.10. The molecule has 0 saturated heterocycles. The molecule has 3 N–H and O–H groups in total. The fourth-order valence-electron chi connectivity index (χ4n) is 0.964. The van der Waals surface area contributed by atoms with Gasteiger partial charge in [0.25, 0.3) is 0 Å². The van der Waals surface area contributed by atoms with Crippen molar-refractivity contribution in [3.63, 3.8) is 0 Å². The number of sulfonamides is 1. The van der Waals surface area contributed by atoms with Gasteiger partial charge in [0.1, 0.15) is 10.7 Å². The summed E-state index contributed by atoms with van der Waals surface area (Å²) in [6, 6.07) is 3.75. The summed E-state index contributed by atoms with van der Waals surface area (Å²) in [6.07, 6.45) is 0. The molecule has 0 bridgehead atoms. The lowest BCUT2D eigenvalue weighted by molar-refractivity contribution is 0.557. The number of hydrogen-bond donors (Lipinski definition) is 2. The van der Waals surface area contributed by atoms with Gasteiger partial charge in [0, 0.05) is 17.6 Å². The van der Waals surface area contributed by atoms with E-state index >= 15 is 0 Å². The molecule has 0 amide bonds. The smallest absolute Gasteiger partial charge is 0.243 e. The quantitative estimate of drug-likeness (QED) is 0.871. The molecule has 1 rings (SSSR count). The first kappa shape index (κ1) is 15.8. The zero-order chi connectivity index (χ0) is 11.5. The van der Waals surface area contributed by atoms with Crippen molar-refractivity contribution in [1.29, 1.82) is 0 Å². The summed E-state index contributed by atoms with van der Waals surface area (Å²) in [5, 5.41) is 0. The molecule has 4 nitrogen and oxygen atoms in total. The first-order valence-electron chi connectivity index (χ1n) is 4.12. The Morgan fingerprint density at radius 2 is 2.06 bits per heavy atom. The van der Waals surface area contributed by atoms with Crippen LogP contribution in [-0.2, 0) is 10.0 Å². The van der Waals surface area contributed by atoms with E-state index in [9.17, 15) is 12.8 Å². The van der Waals surface area contributed by atoms with Crippen LogP contribution in [0, 0.1) is 5.82 Å². The zero-order valence-electron chi connectivity index (χ0n) is 8.11. The number of rotatable bonds is 4. The van der Waals surface area contributed by atoms with Gasteiger partial charge in [-0.2, -0.15) is 0 Å². The maximum Gasteiger partial charge on any atom is 0.243 e. The van der Waals surface area contributed by atoms with Crippen LogP contribution in [0.25, 0.3) is 0 Å². The van der Waals surface area contributed by atoms with E-state index in [1.54, 1.807) is 0 Å². The molecule has 0 heterocycles. The molecule has 0 aromatic heterocycles. The van der Waals surface area contributed by atoms with Crippen molar-refractivity contribution in [2.24, 2.45) is 5.73 Å². The number of halogens is 3. The van der Waals surface area contributed by atoms with Gasteiger partial charge in [0.15, 0.2) is 0 Å². The van der Waals surface area contributed by atoms with Crippen molar-refractivity contribution in [2.75, 3.05) is 13.1 Å². The highest BCUT2D eigenvalue weighted by atomic mass is 79.9. The van der Waals surface area contributed by atoms with Crippen molar-refractivity contribution in [1.82, 2.24) is 4.72 Å². The Balaban J connectivity index is 0.00000225. The second-order valence-corrected chi connectivity index (χ2v) is 5.41. The van der Waals surface area contributed by atoms with Gasteiger partial charge in [-0.1, -0.05) is 15.9 Å². The van der Waals surface area contributed by atoms with Gasteiger partial charge < -0.3 is 5.73 Å². The SMILES string of the molecule is Cl.NCCNS(=O)(=O)c1ccc(Br)cc1F. The third kappa shape index (κ3) is 3.99. The fraction of sp³-hybridized carbons (Fsp3) is 0.250. The first-order valence-corrected chi connectivity index (χ1v) is 6.40. The molecule has 0 spiro atoms. The fourth-order valence-corrected chi connectivity index (χ4v) is 2.40. The van der Waals surface area contributed by atoms with Crippen molar-refractivity contribution in [3.05, 3.63) is 28.5 Å². The molecule has 0 aliphatic rings. The predicted octanol–water partition coefficient (Wildman–Crippen LogP) is 1.25. The standard InChI is InChI=1S/C8H10BrFN2O2S.ClH/c9-6-1-2-8(7(10)5-6)15(13,14)12-4-3-11;/h1-2,5,12H,3-4,11H2;1H. The molecule has 0 fully saturated rings. The third-order valence-electron chi connectivity index (χ3n) is 1.62. The van der Waals surface area contributed by atoms with Crippen LogP contribution in [0.15, 0.2) is 27.6 Å². The lowest BCUT2D eigenvalue weighted by Crippen LogP contribution is -2.29. The molecule has 0 radical (unpaired) electrons. The first-order chi connectivity index (χ1) is 6.97. The summed E-state index contributed by atoms with van der Waals surface area (Å²) in [7, 11) is -3.80. The number of nitrogens with two attached hydrogens (primary N) is 1. The van der Waals surface area contributed by atoms with Crippen molar-refractivity contribution < 1.29 is 12.8 Å². The van der Waals surface area contributed by atoms with Crippen LogP contribution in [0.3, 0.4) is 0 Å². The predicted molar refractivity (Wildman–Crippen MR) is 65.6 cm³/mol. The number of nitrogens with one attached hydrogen (secondary N) is 1. The van der Waals surface area contributed by atoms with Crippen molar-refractivity contribution in [3.8, 4) is 0 Å². The Hall–Kier alpha value is -0.210. The largest absolute Gasteiger partial charge is 0.329 e. The second-order valence-electron chi connectivity index (χ2n) is 2.76. The molecular weight excluding hydrogens is 323 g/mol. The topological polar surface area (TPSA) is 72.2 Å². The van der Waals surface area contributed by atoms with Gasteiger partial charge in [0.05, 0.1) is 0 Å². The van der Waals surface area contributed by atoms with Crippen LogP contribution >= 0.6 is 28.3 Å². The van der Waals surface area contributed by atoms with Gasteiger partial charge in [0.2, 0.25) is 10.0 Å². The van der Waals surface area contributed by atoms with Gasteiger partial charge in [-0.3, -0.25) is 0 Å². The van der Waals surface area contributed by atoms with E-state index in [-0.39, 0.29) is 30.4 Å². The summed E-state index contributed by atoms with van der Waals surface area (Å²) in [5.41, 5.74) is 5.15. The molecule has 92 valence electrons. The third-order valence-corrected chi connectivity index (χ3v) is 3.61. The molecule has 0 atom stereocenters. The number of benzene rings is 1. The Labute approximate surface area is 108 Å². The minimum absolute atomic E-state index is 0. The highest BCUT2D eigenvalue weighted by Crippen LogP contribution is 2.18. The lowest BCUT2D eigenvalue weighted by Gasteiger charge is -2.06. The van der Waals surface area contributed by atoms with Crippen LogP contribution in [0.5, 0.6) is 0 Å².